The highest BCUT2D eigenvalue weighted by Crippen LogP contribution is 2.36. The molecule has 2 aromatic carbocycles. The predicted octanol–water partition coefficient (Wildman–Crippen LogP) is 3.11. The van der Waals surface area contributed by atoms with Gasteiger partial charge in [-0.25, -0.2) is 0 Å². The number of thiophene rings is 1. The van der Waals surface area contributed by atoms with Crippen LogP contribution in [0.2, 0.25) is 0 Å². The number of nitrogens with zero attached hydrogens (tertiary/aromatic N) is 1. The van der Waals surface area contributed by atoms with Gasteiger partial charge in [-0.1, -0.05) is 24.3 Å². The summed E-state index contributed by atoms with van der Waals surface area (Å²) < 4.78 is 5.57. The molecule has 2 saturated heterocycles. The molecule has 2 aliphatic rings. The van der Waals surface area contributed by atoms with E-state index in [4.69, 9.17) is 10.5 Å². The SMILES string of the molecule is NC(=O)c1ccc(-c2cccs2)cc1C(Cc1ccc(O)cc1)C(=O)N1CCC2OCC(=O)C21. The molecule has 0 saturated carbocycles. The molecule has 3 N–H and O–H groups in total. The molecule has 0 radical (unpaired) electrons. The zero-order valence-electron chi connectivity index (χ0n) is 18.3. The van der Waals surface area contributed by atoms with Crippen molar-refractivity contribution >= 4 is 28.9 Å². The van der Waals surface area contributed by atoms with E-state index in [9.17, 15) is 19.5 Å². The van der Waals surface area contributed by atoms with E-state index in [-0.39, 0.29) is 42.1 Å². The van der Waals surface area contributed by atoms with Gasteiger partial charge in [0.15, 0.2) is 5.78 Å². The number of primary amides is 1. The zero-order chi connectivity index (χ0) is 23.8. The van der Waals surface area contributed by atoms with Gasteiger partial charge in [0, 0.05) is 17.0 Å². The summed E-state index contributed by atoms with van der Waals surface area (Å²) in [6.45, 7) is 0.435. The third-order valence-electron chi connectivity index (χ3n) is 6.57. The van der Waals surface area contributed by atoms with Crippen LogP contribution >= 0.6 is 11.3 Å². The number of likely N-dealkylation sites (tertiary alicyclic amines) is 1. The fourth-order valence-electron chi connectivity index (χ4n) is 4.91. The van der Waals surface area contributed by atoms with Crippen molar-refractivity contribution in [3.63, 3.8) is 0 Å². The first-order chi connectivity index (χ1) is 16.4. The quantitative estimate of drug-likeness (QED) is 0.568. The lowest BCUT2D eigenvalue weighted by atomic mass is 9.85. The highest BCUT2D eigenvalue weighted by molar-refractivity contribution is 7.13. The standard InChI is InChI=1S/C26H24N2O5S/c27-25(31)18-8-5-16(23-2-1-11-34-23)13-19(18)20(12-15-3-6-17(29)7-4-15)26(32)28-10-9-22-24(28)21(30)14-33-22/h1-8,11,13,20,22,24,29H,9-10,12,14H2,(H2,27,31). The molecule has 0 aliphatic carbocycles. The number of hydrogen-bond donors (Lipinski definition) is 2. The van der Waals surface area contributed by atoms with Gasteiger partial charge in [0.2, 0.25) is 11.8 Å². The number of rotatable bonds is 6. The summed E-state index contributed by atoms with van der Waals surface area (Å²) in [5.41, 5.74) is 8.25. The maximum absolute atomic E-state index is 14.0. The molecule has 2 fully saturated rings. The fraction of sp³-hybridized carbons (Fsp3) is 0.269. The molecule has 0 spiro atoms. The van der Waals surface area contributed by atoms with Crippen molar-refractivity contribution in [1.82, 2.24) is 4.90 Å². The van der Waals surface area contributed by atoms with Crippen LogP contribution in [0.25, 0.3) is 10.4 Å². The van der Waals surface area contributed by atoms with Crippen molar-refractivity contribution in [1.29, 1.82) is 0 Å². The molecule has 2 aliphatic heterocycles. The number of ether oxygens (including phenoxy) is 1. The van der Waals surface area contributed by atoms with E-state index in [0.29, 0.717) is 18.5 Å². The van der Waals surface area contributed by atoms with Gasteiger partial charge in [0.25, 0.3) is 0 Å². The first-order valence-corrected chi connectivity index (χ1v) is 12.0. The summed E-state index contributed by atoms with van der Waals surface area (Å²) in [7, 11) is 0. The fourth-order valence-corrected chi connectivity index (χ4v) is 5.64. The van der Waals surface area contributed by atoms with Gasteiger partial charge in [-0.3, -0.25) is 14.4 Å². The van der Waals surface area contributed by atoms with Gasteiger partial charge in [-0.05, 0) is 65.2 Å². The van der Waals surface area contributed by atoms with Crippen molar-refractivity contribution in [2.45, 2.75) is 30.9 Å². The van der Waals surface area contributed by atoms with Crippen LogP contribution in [0, 0.1) is 0 Å². The van der Waals surface area contributed by atoms with E-state index >= 15 is 0 Å². The molecule has 5 rings (SSSR count). The highest BCUT2D eigenvalue weighted by atomic mass is 32.1. The van der Waals surface area contributed by atoms with Gasteiger partial charge in [-0.15, -0.1) is 11.3 Å². The molecule has 3 atom stereocenters. The number of carbonyl (C=O) groups excluding carboxylic acids is 3. The largest absolute Gasteiger partial charge is 0.508 e. The number of amides is 2. The molecule has 3 unspecified atom stereocenters. The number of Topliss-reactive ketones (excluding diaryl/α,β-unsaturated/α-hetero) is 1. The number of benzene rings is 2. The van der Waals surface area contributed by atoms with Gasteiger partial charge in [0.05, 0.1) is 12.0 Å². The molecule has 3 aromatic rings. The van der Waals surface area contributed by atoms with Crippen molar-refractivity contribution in [3.8, 4) is 16.2 Å². The molecule has 2 amide bonds. The number of carbonyl (C=O) groups is 3. The monoisotopic (exact) mass is 476 g/mol. The van der Waals surface area contributed by atoms with Crippen molar-refractivity contribution in [2.75, 3.05) is 13.2 Å². The van der Waals surface area contributed by atoms with E-state index in [1.54, 1.807) is 46.6 Å². The molecule has 34 heavy (non-hydrogen) atoms. The molecule has 0 bridgehead atoms. The zero-order valence-corrected chi connectivity index (χ0v) is 19.2. The maximum Gasteiger partial charge on any atom is 0.249 e. The first kappa shape index (κ1) is 22.3. The Morgan fingerprint density at radius 1 is 1.18 bits per heavy atom. The summed E-state index contributed by atoms with van der Waals surface area (Å²) in [6, 6.07) is 15.3. The number of hydrogen-bond acceptors (Lipinski definition) is 6. The van der Waals surface area contributed by atoms with E-state index in [1.165, 1.54) is 0 Å². The lowest BCUT2D eigenvalue weighted by molar-refractivity contribution is -0.137. The van der Waals surface area contributed by atoms with Gasteiger partial charge >= 0.3 is 0 Å². The van der Waals surface area contributed by atoms with Gasteiger partial charge in [-0.2, -0.15) is 0 Å². The molecule has 7 nitrogen and oxygen atoms in total. The Morgan fingerprint density at radius 3 is 2.68 bits per heavy atom. The average Bonchev–Trinajstić information content (AvgIpc) is 3.58. The molecule has 1 aromatic heterocycles. The average molecular weight is 477 g/mol. The molecular weight excluding hydrogens is 452 g/mol. The summed E-state index contributed by atoms with van der Waals surface area (Å²) in [5, 5.41) is 11.7. The minimum absolute atomic E-state index is 0.0160. The summed E-state index contributed by atoms with van der Waals surface area (Å²) in [5.74, 6) is -1.55. The van der Waals surface area contributed by atoms with Crippen LogP contribution in [0.15, 0.2) is 60.0 Å². The summed E-state index contributed by atoms with van der Waals surface area (Å²) in [4.78, 5) is 41.5. The van der Waals surface area contributed by atoms with E-state index in [2.05, 4.69) is 0 Å². The number of nitrogens with two attached hydrogens (primary N) is 1. The lowest BCUT2D eigenvalue weighted by Gasteiger charge is -2.28. The van der Waals surface area contributed by atoms with Crippen LogP contribution in [0.5, 0.6) is 5.75 Å². The molecule has 8 heteroatoms. The van der Waals surface area contributed by atoms with E-state index in [0.717, 1.165) is 16.0 Å². The van der Waals surface area contributed by atoms with Crippen LogP contribution in [0.4, 0.5) is 0 Å². The van der Waals surface area contributed by atoms with Crippen LogP contribution in [-0.2, 0) is 20.7 Å². The molecular formula is C26H24N2O5S. The Hall–Kier alpha value is -3.49. The third-order valence-corrected chi connectivity index (χ3v) is 7.49. The Labute approximate surface area is 200 Å². The topological polar surface area (TPSA) is 110 Å². The highest BCUT2D eigenvalue weighted by Gasteiger charge is 2.48. The lowest BCUT2D eigenvalue weighted by Crippen LogP contribution is -2.44. The van der Waals surface area contributed by atoms with Crippen molar-refractivity contribution in [2.24, 2.45) is 5.73 Å². The van der Waals surface area contributed by atoms with Gasteiger partial charge in [0.1, 0.15) is 18.4 Å². The molecule has 174 valence electrons. The van der Waals surface area contributed by atoms with Crippen LogP contribution in [0.3, 0.4) is 0 Å². The maximum atomic E-state index is 14.0. The normalized spacial score (nSPS) is 20.4. The predicted molar refractivity (Wildman–Crippen MR) is 128 cm³/mol. The van der Waals surface area contributed by atoms with Crippen LogP contribution in [0.1, 0.15) is 33.8 Å². The Balaban J connectivity index is 1.60. The number of phenols is 1. The number of aromatic hydroxyl groups is 1. The van der Waals surface area contributed by atoms with Gasteiger partial charge < -0.3 is 20.5 Å². The number of ketones is 1. The number of phenolic OH excluding ortho intramolecular Hbond substituents is 1. The van der Waals surface area contributed by atoms with Crippen LogP contribution < -0.4 is 5.73 Å². The second-order valence-electron chi connectivity index (χ2n) is 8.65. The van der Waals surface area contributed by atoms with E-state index in [1.807, 2.05) is 29.6 Å². The number of fused-ring (bicyclic) bond motifs is 1. The smallest absolute Gasteiger partial charge is 0.249 e. The Kier molecular flexibility index (Phi) is 5.93. The second-order valence-corrected chi connectivity index (χ2v) is 9.60. The van der Waals surface area contributed by atoms with Crippen LogP contribution in [-0.4, -0.2) is 52.9 Å². The third kappa shape index (κ3) is 4.10. The Morgan fingerprint density at radius 2 is 1.97 bits per heavy atom. The molecule has 3 heterocycles. The first-order valence-electron chi connectivity index (χ1n) is 11.1. The second kappa shape index (κ2) is 9.04. The Bertz CT molecular complexity index is 1240. The van der Waals surface area contributed by atoms with Crippen molar-refractivity contribution in [3.05, 3.63) is 76.7 Å². The van der Waals surface area contributed by atoms with E-state index < -0.39 is 17.9 Å². The van der Waals surface area contributed by atoms with Crippen molar-refractivity contribution < 1.29 is 24.2 Å². The minimum atomic E-state index is -0.737. The summed E-state index contributed by atoms with van der Waals surface area (Å²) in [6.07, 6.45) is 0.612. The summed E-state index contributed by atoms with van der Waals surface area (Å²) >= 11 is 1.56. The minimum Gasteiger partial charge on any atom is -0.508 e.